The molecule has 6 nitrogen and oxygen atoms in total. The van der Waals surface area contributed by atoms with Crippen LogP contribution in [-0.4, -0.2) is 36.2 Å². The minimum atomic E-state index is -3.35. The second-order valence-corrected chi connectivity index (χ2v) is 9.05. The van der Waals surface area contributed by atoms with Crippen molar-refractivity contribution in [3.8, 4) is 0 Å². The summed E-state index contributed by atoms with van der Waals surface area (Å²) in [7, 11) is -3.35. The van der Waals surface area contributed by atoms with Gasteiger partial charge in [0.05, 0.1) is 22.5 Å². The molecule has 0 radical (unpaired) electrons. The number of hydrogen-bond acceptors (Lipinski definition) is 5. The van der Waals surface area contributed by atoms with Crippen molar-refractivity contribution in [2.75, 3.05) is 16.7 Å². The number of anilines is 1. The SMILES string of the molecule is CS(=O)(=O)Nc1ccc(C(=O)CSc2nc3c(Cl)cc(Cl)cc3[nH]2)cc1. The van der Waals surface area contributed by atoms with E-state index in [9.17, 15) is 13.2 Å². The summed E-state index contributed by atoms with van der Waals surface area (Å²) in [5, 5.41) is 1.50. The molecule has 3 rings (SSSR count). The third kappa shape index (κ3) is 4.70. The van der Waals surface area contributed by atoms with E-state index in [0.717, 1.165) is 6.26 Å². The Bertz CT molecular complexity index is 1080. The molecule has 10 heteroatoms. The lowest BCUT2D eigenvalue weighted by atomic mass is 10.1. The quantitative estimate of drug-likeness (QED) is 0.452. The normalized spacial score (nSPS) is 11.7. The first-order valence-electron chi connectivity index (χ1n) is 7.30. The third-order valence-electron chi connectivity index (χ3n) is 3.33. The average molecular weight is 430 g/mol. The van der Waals surface area contributed by atoms with Crippen LogP contribution in [0.2, 0.25) is 10.0 Å². The first-order valence-corrected chi connectivity index (χ1v) is 10.9. The van der Waals surface area contributed by atoms with E-state index in [1.807, 2.05) is 0 Å². The number of hydrogen-bond donors (Lipinski definition) is 2. The predicted molar refractivity (Wildman–Crippen MR) is 106 cm³/mol. The first-order chi connectivity index (χ1) is 12.2. The van der Waals surface area contributed by atoms with Crippen LogP contribution >= 0.6 is 35.0 Å². The number of aromatic nitrogens is 2. The molecular formula is C16H13Cl2N3O3S2. The van der Waals surface area contributed by atoms with E-state index in [1.54, 1.807) is 36.4 Å². The molecular weight excluding hydrogens is 417 g/mol. The number of Topliss-reactive ketones (excluding diaryl/α,β-unsaturated/α-hetero) is 1. The number of sulfonamides is 1. The number of H-pyrrole nitrogens is 1. The molecule has 1 heterocycles. The van der Waals surface area contributed by atoms with Crippen LogP contribution in [-0.2, 0) is 10.0 Å². The Morgan fingerprint density at radius 1 is 1.23 bits per heavy atom. The molecule has 0 saturated carbocycles. The van der Waals surface area contributed by atoms with E-state index in [0.29, 0.717) is 37.5 Å². The van der Waals surface area contributed by atoms with Gasteiger partial charge in [-0.25, -0.2) is 13.4 Å². The second-order valence-electron chi connectivity index (χ2n) is 5.49. The van der Waals surface area contributed by atoms with Crippen LogP contribution in [0.5, 0.6) is 0 Å². The molecule has 2 N–H and O–H groups in total. The Morgan fingerprint density at radius 2 is 1.92 bits per heavy atom. The Morgan fingerprint density at radius 3 is 2.58 bits per heavy atom. The highest BCUT2D eigenvalue weighted by atomic mass is 35.5. The van der Waals surface area contributed by atoms with Gasteiger partial charge in [0.2, 0.25) is 10.0 Å². The van der Waals surface area contributed by atoms with Crippen LogP contribution in [0.1, 0.15) is 10.4 Å². The summed E-state index contributed by atoms with van der Waals surface area (Å²) in [5.41, 5.74) is 2.19. The minimum Gasteiger partial charge on any atom is -0.333 e. The topological polar surface area (TPSA) is 91.9 Å². The summed E-state index contributed by atoms with van der Waals surface area (Å²) in [6.07, 6.45) is 1.06. The molecule has 0 aliphatic carbocycles. The lowest BCUT2D eigenvalue weighted by molar-refractivity contribution is 0.102. The van der Waals surface area contributed by atoms with Crippen molar-refractivity contribution < 1.29 is 13.2 Å². The van der Waals surface area contributed by atoms with E-state index in [4.69, 9.17) is 23.2 Å². The van der Waals surface area contributed by atoms with Gasteiger partial charge in [0, 0.05) is 16.3 Å². The van der Waals surface area contributed by atoms with Crippen molar-refractivity contribution in [3.63, 3.8) is 0 Å². The minimum absolute atomic E-state index is 0.106. The fraction of sp³-hybridized carbons (Fsp3) is 0.125. The van der Waals surface area contributed by atoms with Crippen LogP contribution in [0.4, 0.5) is 5.69 Å². The maximum absolute atomic E-state index is 12.3. The number of carbonyl (C=O) groups is 1. The van der Waals surface area contributed by atoms with Crippen molar-refractivity contribution in [3.05, 3.63) is 52.0 Å². The molecule has 26 heavy (non-hydrogen) atoms. The number of benzene rings is 2. The summed E-state index contributed by atoms with van der Waals surface area (Å²) in [6, 6.07) is 9.56. The lowest BCUT2D eigenvalue weighted by Gasteiger charge is -2.05. The maximum atomic E-state index is 12.3. The number of rotatable bonds is 6. The molecule has 1 aromatic heterocycles. The van der Waals surface area contributed by atoms with Gasteiger partial charge in [-0.3, -0.25) is 9.52 Å². The molecule has 3 aromatic rings. The molecule has 0 atom stereocenters. The van der Waals surface area contributed by atoms with Gasteiger partial charge in [-0.1, -0.05) is 35.0 Å². The van der Waals surface area contributed by atoms with E-state index in [2.05, 4.69) is 14.7 Å². The zero-order chi connectivity index (χ0) is 18.9. The number of halogens is 2. The molecule has 0 fully saturated rings. The van der Waals surface area contributed by atoms with E-state index < -0.39 is 10.0 Å². The summed E-state index contributed by atoms with van der Waals surface area (Å²) in [5.74, 6) is 0.0646. The smallest absolute Gasteiger partial charge is 0.229 e. The standard InChI is InChI=1S/C16H13Cl2N3O3S2/c1-26(23,24)21-11-4-2-9(3-5-11)14(22)8-25-16-19-13-7-10(17)6-12(18)15(13)20-16/h2-7,21H,8H2,1H3,(H,19,20). The van der Waals surface area contributed by atoms with Gasteiger partial charge in [0.15, 0.2) is 10.9 Å². The van der Waals surface area contributed by atoms with E-state index in [-0.39, 0.29) is 11.5 Å². The molecule has 2 aromatic carbocycles. The molecule has 0 bridgehead atoms. The lowest BCUT2D eigenvalue weighted by Crippen LogP contribution is -2.10. The van der Waals surface area contributed by atoms with Crippen molar-refractivity contribution >= 4 is 67.5 Å². The van der Waals surface area contributed by atoms with Crippen LogP contribution in [0.3, 0.4) is 0 Å². The summed E-state index contributed by atoms with van der Waals surface area (Å²) in [4.78, 5) is 19.7. The monoisotopic (exact) mass is 429 g/mol. The molecule has 0 aliphatic rings. The number of ketones is 1. The number of aromatic amines is 1. The zero-order valence-electron chi connectivity index (χ0n) is 13.4. The highest BCUT2D eigenvalue weighted by Gasteiger charge is 2.12. The van der Waals surface area contributed by atoms with Crippen LogP contribution in [0, 0.1) is 0 Å². The molecule has 136 valence electrons. The Labute approximate surface area is 164 Å². The van der Waals surface area contributed by atoms with Crippen molar-refractivity contribution in [1.82, 2.24) is 9.97 Å². The van der Waals surface area contributed by atoms with Gasteiger partial charge < -0.3 is 4.98 Å². The fourth-order valence-electron chi connectivity index (χ4n) is 2.24. The summed E-state index contributed by atoms with van der Waals surface area (Å²) >= 11 is 13.3. The van der Waals surface area contributed by atoms with Gasteiger partial charge in [0.1, 0.15) is 5.52 Å². The average Bonchev–Trinajstić information content (AvgIpc) is 2.95. The van der Waals surface area contributed by atoms with E-state index >= 15 is 0 Å². The number of imidazole rings is 1. The Balaban J connectivity index is 1.68. The summed E-state index contributed by atoms with van der Waals surface area (Å²) < 4.78 is 24.7. The predicted octanol–water partition coefficient (Wildman–Crippen LogP) is 4.22. The Kier molecular flexibility index (Phi) is 5.47. The largest absolute Gasteiger partial charge is 0.333 e. The summed E-state index contributed by atoms with van der Waals surface area (Å²) in [6.45, 7) is 0. The van der Waals surface area contributed by atoms with Gasteiger partial charge in [-0.15, -0.1) is 0 Å². The highest BCUT2D eigenvalue weighted by Crippen LogP contribution is 2.29. The Hall–Kier alpha value is -1.74. The van der Waals surface area contributed by atoms with Crippen LogP contribution < -0.4 is 4.72 Å². The van der Waals surface area contributed by atoms with Crippen LogP contribution in [0.15, 0.2) is 41.6 Å². The molecule has 0 unspecified atom stereocenters. The number of thioether (sulfide) groups is 1. The van der Waals surface area contributed by atoms with Crippen LogP contribution in [0.25, 0.3) is 11.0 Å². The zero-order valence-corrected chi connectivity index (χ0v) is 16.6. The second kappa shape index (κ2) is 7.48. The van der Waals surface area contributed by atoms with Gasteiger partial charge in [-0.05, 0) is 36.4 Å². The van der Waals surface area contributed by atoms with Crippen molar-refractivity contribution in [2.24, 2.45) is 0 Å². The molecule has 0 saturated heterocycles. The number of nitrogens with one attached hydrogen (secondary N) is 2. The van der Waals surface area contributed by atoms with E-state index in [1.165, 1.54) is 11.8 Å². The molecule has 0 spiro atoms. The van der Waals surface area contributed by atoms with Crippen molar-refractivity contribution in [1.29, 1.82) is 0 Å². The van der Waals surface area contributed by atoms with Gasteiger partial charge >= 0.3 is 0 Å². The molecule has 0 amide bonds. The fourth-order valence-corrected chi connectivity index (χ4v) is 4.12. The number of fused-ring (bicyclic) bond motifs is 1. The molecule has 0 aliphatic heterocycles. The van der Waals surface area contributed by atoms with Gasteiger partial charge in [-0.2, -0.15) is 0 Å². The highest BCUT2D eigenvalue weighted by molar-refractivity contribution is 7.99. The number of carbonyl (C=O) groups excluding carboxylic acids is 1. The van der Waals surface area contributed by atoms with Crippen molar-refractivity contribution in [2.45, 2.75) is 5.16 Å². The maximum Gasteiger partial charge on any atom is 0.229 e. The number of nitrogens with zero attached hydrogens (tertiary/aromatic N) is 1. The first kappa shape index (κ1) is 19.0. The third-order valence-corrected chi connectivity index (χ3v) is 5.32. The van der Waals surface area contributed by atoms with Gasteiger partial charge in [0.25, 0.3) is 0 Å².